The first kappa shape index (κ1) is 13.1. The fourth-order valence-corrected chi connectivity index (χ4v) is 1.66. The van der Waals surface area contributed by atoms with E-state index in [1.165, 1.54) is 10.7 Å². The molecule has 1 heterocycles. The van der Waals surface area contributed by atoms with Crippen molar-refractivity contribution in [2.24, 2.45) is 0 Å². The van der Waals surface area contributed by atoms with Crippen molar-refractivity contribution in [1.29, 1.82) is 0 Å². The molecule has 0 bridgehead atoms. The van der Waals surface area contributed by atoms with Crippen LogP contribution in [-0.2, 0) is 4.79 Å². The number of anilines is 2. The minimum absolute atomic E-state index is 0.164. The summed E-state index contributed by atoms with van der Waals surface area (Å²) in [6, 6.07) is 5.57. The van der Waals surface area contributed by atoms with Gasteiger partial charge in [-0.25, -0.2) is 4.39 Å². The van der Waals surface area contributed by atoms with Crippen LogP contribution in [0.25, 0.3) is 0 Å². The number of nitrogens with one attached hydrogen (secondary N) is 1. The third-order valence-corrected chi connectivity index (χ3v) is 2.78. The number of aryl methyl sites for hydroxylation is 1. The van der Waals surface area contributed by atoms with Crippen LogP contribution in [0.1, 0.15) is 18.5 Å². The van der Waals surface area contributed by atoms with E-state index in [-0.39, 0.29) is 11.6 Å². The second kappa shape index (κ2) is 5.09. The molecule has 2 rings (SSSR count). The molecule has 0 saturated carbocycles. The molecule has 0 aliphatic carbocycles. The maximum atomic E-state index is 13.5. The molecule has 1 atom stereocenters. The number of rotatable bonds is 3. The van der Waals surface area contributed by atoms with Gasteiger partial charge in [-0.15, -0.1) is 0 Å². The molecular formula is C13H15FN4O. The average molecular weight is 262 g/mol. The van der Waals surface area contributed by atoms with Gasteiger partial charge in [-0.2, -0.15) is 5.10 Å². The van der Waals surface area contributed by atoms with Gasteiger partial charge in [0.2, 0.25) is 5.91 Å². The molecule has 0 radical (unpaired) electrons. The fourth-order valence-electron chi connectivity index (χ4n) is 1.66. The van der Waals surface area contributed by atoms with Gasteiger partial charge in [-0.3, -0.25) is 9.48 Å². The molecule has 100 valence electrons. The number of benzene rings is 1. The molecule has 0 aliphatic heterocycles. The lowest BCUT2D eigenvalue weighted by Crippen LogP contribution is -2.24. The number of hydrogen-bond acceptors (Lipinski definition) is 3. The predicted octanol–water partition coefficient (Wildman–Crippen LogP) is 2.11. The highest BCUT2D eigenvalue weighted by Gasteiger charge is 2.17. The summed E-state index contributed by atoms with van der Waals surface area (Å²) in [7, 11) is 0. The van der Waals surface area contributed by atoms with E-state index in [4.69, 9.17) is 5.73 Å². The predicted molar refractivity (Wildman–Crippen MR) is 71.1 cm³/mol. The van der Waals surface area contributed by atoms with E-state index in [2.05, 4.69) is 10.4 Å². The number of carbonyl (C=O) groups excluding carboxylic acids is 1. The first-order valence-corrected chi connectivity index (χ1v) is 5.85. The van der Waals surface area contributed by atoms with E-state index >= 15 is 0 Å². The Morgan fingerprint density at radius 2 is 2.21 bits per heavy atom. The minimum atomic E-state index is -0.572. The standard InChI is InChI=1S/C13H15FN4O/c1-8-3-4-10(14)11(7-8)16-13(19)9(2)18-6-5-12(15)17-18/h3-7,9H,1-2H3,(H2,15,17)(H,16,19). The summed E-state index contributed by atoms with van der Waals surface area (Å²) < 4.78 is 15.0. The number of hydrogen-bond donors (Lipinski definition) is 2. The molecule has 19 heavy (non-hydrogen) atoms. The number of halogens is 1. The lowest BCUT2D eigenvalue weighted by Gasteiger charge is -2.13. The van der Waals surface area contributed by atoms with Crippen molar-refractivity contribution in [2.45, 2.75) is 19.9 Å². The smallest absolute Gasteiger partial charge is 0.249 e. The summed E-state index contributed by atoms with van der Waals surface area (Å²) in [5, 5.41) is 6.50. The molecule has 1 aromatic carbocycles. The van der Waals surface area contributed by atoms with Crippen molar-refractivity contribution in [3.05, 3.63) is 41.8 Å². The molecule has 0 aliphatic rings. The lowest BCUT2D eigenvalue weighted by molar-refractivity contribution is -0.119. The number of nitrogens with two attached hydrogens (primary N) is 1. The zero-order valence-corrected chi connectivity index (χ0v) is 10.7. The van der Waals surface area contributed by atoms with Crippen LogP contribution in [0.15, 0.2) is 30.5 Å². The van der Waals surface area contributed by atoms with E-state index in [1.54, 1.807) is 31.3 Å². The number of nitrogens with zero attached hydrogens (tertiary/aromatic N) is 2. The molecule has 2 aromatic rings. The summed E-state index contributed by atoms with van der Waals surface area (Å²) in [5.74, 6) is -0.486. The van der Waals surface area contributed by atoms with E-state index in [0.29, 0.717) is 5.82 Å². The quantitative estimate of drug-likeness (QED) is 0.889. The van der Waals surface area contributed by atoms with Crippen LogP contribution in [0.4, 0.5) is 15.9 Å². The molecule has 1 unspecified atom stereocenters. The Hall–Kier alpha value is -2.37. The fraction of sp³-hybridized carbons (Fsp3) is 0.231. The first-order valence-electron chi connectivity index (χ1n) is 5.85. The molecule has 1 amide bonds. The van der Waals surface area contributed by atoms with Gasteiger partial charge in [-0.1, -0.05) is 6.07 Å². The van der Waals surface area contributed by atoms with Crippen molar-refractivity contribution in [3.63, 3.8) is 0 Å². The number of carbonyl (C=O) groups is 1. The van der Waals surface area contributed by atoms with Crippen molar-refractivity contribution < 1.29 is 9.18 Å². The topological polar surface area (TPSA) is 72.9 Å². The molecule has 0 spiro atoms. The highest BCUT2D eigenvalue weighted by Crippen LogP contribution is 2.17. The average Bonchev–Trinajstić information content (AvgIpc) is 2.79. The van der Waals surface area contributed by atoms with Crippen LogP contribution >= 0.6 is 0 Å². The van der Waals surface area contributed by atoms with Gasteiger partial charge in [-0.05, 0) is 37.6 Å². The van der Waals surface area contributed by atoms with Gasteiger partial charge >= 0.3 is 0 Å². The van der Waals surface area contributed by atoms with Gasteiger partial charge in [0, 0.05) is 6.20 Å². The summed E-state index contributed by atoms with van der Waals surface area (Å²) in [4.78, 5) is 12.0. The second-order valence-electron chi connectivity index (χ2n) is 4.37. The molecule has 1 aromatic heterocycles. The van der Waals surface area contributed by atoms with E-state index in [1.807, 2.05) is 6.92 Å². The minimum Gasteiger partial charge on any atom is -0.382 e. The summed E-state index contributed by atoms with van der Waals surface area (Å²) in [6.45, 7) is 3.49. The molecule has 0 fully saturated rings. The Kier molecular flexibility index (Phi) is 3.50. The van der Waals surface area contributed by atoms with Crippen LogP contribution in [0.5, 0.6) is 0 Å². The van der Waals surface area contributed by atoms with Gasteiger partial charge < -0.3 is 11.1 Å². The zero-order valence-electron chi connectivity index (χ0n) is 10.7. The Morgan fingerprint density at radius 1 is 1.47 bits per heavy atom. The maximum absolute atomic E-state index is 13.5. The van der Waals surface area contributed by atoms with E-state index in [9.17, 15) is 9.18 Å². The van der Waals surface area contributed by atoms with Crippen molar-refractivity contribution >= 4 is 17.4 Å². The van der Waals surface area contributed by atoms with Gasteiger partial charge in [0.1, 0.15) is 17.7 Å². The Morgan fingerprint density at radius 3 is 2.84 bits per heavy atom. The van der Waals surface area contributed by atoms with Crippen LogP contribution in [-0.4, -0.2) is 15.7 Å². The third-order valence-electron chi connectivity index (χ3n) is 2.78. The molecule has 3 N–H and O–H groups in total. The molecule has 5 nitrogen and oxygen atoms in total. The summed E-state index contributed by atoms with van der Waals surface area (Å²) in [6.07, 6.45) is 1.60. The van der Waals surface area contributed by atoms with Crippen LogP contribution in [0.2, 0.25) is 0 Å². The molecule has 6 heteroatoms. The Balaban J connectivity index is 2.14. The summed E-state index contributed by atoms with van der Waals surface area (Å²) in [5.41, 5.74) is 6.52. The van der Waals surface area contributed by atoms with Crippen molar-refractivity contribution in [2.75, 3.05) is 11.1 Å². The highest BCUT2D eigenvalue weighted by molar-refractivity contribution is 5.93. The van der Waals surface area contributed by atoms with Crippen molar-refractivity contribution in [1.82, 2.24) is 9.78 Å². The summed E-state index contributed by atoms with van der Waals surface area (Å²) >= 11 is 0. The third kappa shape index (κ3) is 2.90. The van der Waals surface area contributed by atoms with Crippen molar-refractivity contribution in [3.8, 4) is 0 Å². The normalized spacial score (nSPS) is 12.2. The largest absolute Gasteiger partial charge is 0.382 e. The number of aromatic nitrogens is 2. The zero-order chi connectivity index (χ0) is 14.0. The lowest BCUT2D eigenvalue weighted by atomic mass is 10.2. The second-order valence-corrected chi connectivity index (χ2v) is 4.37. The highest BCUT2D eigenvalue weighted by atomic mass is 19.1. The van der Waals surface area contributed by atoms with Gasteiger partial charge in [0.25, 0.3) is 0 Å². The van der Waals surface area contributed by atoms with E-state index < -0.39 is 11.9 Å². The van der Waals surface area contributed by atoms with Crippen LogP contribution in [0.3, 0.4) is 0 Å². The molecular weight excluding hydrogens is 247 g/mol. The number of nitrogen functional groups attached to an aromatic ring is 1. The van der Waals surface area contributed by atoms with E-state index in [0.717, 1.165) is 5.56 Å². The van der Waals surface area contributed by atoms with Gasteiger partial charge in [0.05, 0.1) is 5.69 Å². The molecule has 0 saturated heterocycles. The Bertz CT molecular complexity index is 608. The SMILES string of the molecule is Cc1ccc(F)c(NC(=O)C(C)n2ccc(N)n2)c1. The Labute approximate surface area is 110 Å². The maximum Gasteiger partial charge on any atom is 0.249 e. The first-order chi connectivity index (χ1) is 8.97. The van der Waals surface area contributed by atoms with Crippen LogP contribution in [0, 0.1) is 12.7 Å². The number of amides is 1. The van der Waals surface area contributed by atoms with Gasteiger partial charge in [0.15, 0.2) is 0 Å². The monoisotopic (exact) mass is 262 g/mol. The van der Waals surface area contributed by atoms with Crippen LogP contribution < -0.4 is 11.1 Å².